The largest absolute Gasteiger partial charge is 0.383 e. The van der Waals surface area contributed by atoms with Crippen molar-refractivity contribution in [2.75, 3.05) is 6.54 Å². The van der Waals surface area contributed by atoms with Gasteiger partial charge >= 0.3 is 0 Å². The van der Waals surface area contributed by atoms with Gasteiger partial charge in [0.1, 0.15) is 6.10 Å². The highest BCUT2D eigenvalue weighted by atomic mass is 16.5. The zero-order chi connectivity index (χ0) is 12.1. The van der Waals surface area contributed by atoms with Gasteiger partial charge in [-0.25, -0.2) is 0 Å². The highest BCUT2D eigenvalue weighted by Gasteiger charge is 2.15. The lowest BCUT2D eigenvalue weighted by Crippen LogP contribution is -2.07. The average Bonchev–Trinajstić information content (AvgIpc) is 2.79. The van der Waals surface area contributed by atoms with E-state index in [-0.39, 0.29) is 5.89 Å². The number of nitrogens with zero attached hydrogens (tertiary/aromatic N) is 3. The van der Waals surface area contributed by atoms with Gasteiger partial charge in [-0.1, -0.05) is 11.2 Å². The number of aromatic nitrogens is 3. The lowest BCUT2D eigenvalue weighted by molar-refractivity contribution is 0.127. The molecule has 0 aromatic carbocycles. The summed E-state index contributed by atoms with van der Waals surface area (Å²) in [6.07, 6.45) is 1.81. The number of hydrogen-bond acceptors (Lipinski definition) is 6. The Morgan fingerprint density at radius 3 is 3.00 bits per heavy atom. The minimum absolute atomic E-state index is 0.210. The fourth-order valence-electron chi connectivity index (χ4n) is 1.42. The van der Waals surface area contributed by atoms with Crippen molar-refractivity contribution >= 4 is 0 Å². The highest BCUT2D eigenvalue weighted by molar-refractivity contribution is 5.09. The normalized spacial score (nSPS) is 12.6. The predicted octanol–water partition coefficient (Wildman–Crippen LogP) is 0.438. The van der Waals surface area contributed by atoms with Crippen LogP contribution in [-0.4, -0.2) is 26.8 Å². The van der Waals surface area contributed by atoms with Crippen molar-refractivity contribution < 1.29 is 9.63 Å². The Hall–Kier alpha value is -1.79. The molecule has 3 N–H and O–H groups in total. The van der Waals surface area contributed by atoms with Crippen LogP contribution in [0.3, 0.4) is 0 Å². The summed E-state index contributed by atoms with van der Waals surface area (Å²) in [6, 6.07) is 5.62. The zero-order valence-electron chi connectivity index (χ0n) is 9.28. The van der Waals surface area contributed by atoms with Crippen LogP contribution in [0.2, 0.25) is 0 Å². The van der Waals surface area contributed by atoms with Crippen molar-refractivity contribution in [1.29, 1.82) is 0 Å². The number of nitrogens with two attached hydrogens (primary N) is 1. The summed E-state index contributed by atoms with van der Waals surface area (Å²) in [6.45, 7) is 0.374. The predicted molar refractivity (Wildman–Crippen MR) is 60.0 cm³/mol. The van der Waals surface area contributed by atoms with Crippen molar-refractivity contribution in [2.45, 2.75) is 18.9 Å². The molecule has 2 rings (SSSR count). The van der Waals surface area contributed by atoms with E-state index in [1.807, 2.05) is 18.2 Å². The van der Waals surface area contributed by atoms with Crippen LogP contribution in [0.15, 0.2) is 28.9 Å². The first-order chi connectivity index (χ1) is 8.29. The van der Waals surface area contributed by atoms with Crippen molar-refractivity contribution in [2.24, 2.45) is 5.73 Å². The SMILES string of the molecule is NCCC(O)c1nc(Cc2ccccn2)no1. The highest BCUT2D eigenvalue weighted by Crippen LogP contribution is 2.14. The minimum atomic E-state index is -0.787. The average molecular weight is 234 g/mol. The van der Waals surface area contributed by atoms with Crippen LogP contribution in [0.5, 0.6) is 0 Å². The Morgan fingerprint density at radius 2 is 2.29 bits per heavy atom. The van der Waals surface area contributed by atoms with Gasteiger partial charge in [0.25, 0.3) is 5.89 Å². The summed E-state index contributed by atoms with van der Waals surface area (Å²) >= 11 is 0. The molecule has 2 heterocycles. The van der Waals surface area contributed by atoms with E-state index in [4.69, 9.17) is 10.3 Å². The molecule has 6 heteroatoms. The summed E-state index contributed by atoms with van der Waals surface area (Å²) in [5, 5.41) is 13.4. The standard InChI is InChI=1S/C11H14N4O2/c12-5-4-9(16)11-14-10(15-17-11)7-8-3-1-2-6-13-8/h1-3,6,9,16H,4-5,7,12H2. The van der Waals surface area contributed by atoms with Gasteiger partial charge < -0.3 is 15.4 Å². The second-order valence-corrected chi connectivity index (χ2v) is 3.64. The number of aliphatic hydroxyl groups excluding tert-OH is 1. The summed E-state index contributed by atoms with van der Waals surface area (Å²) < 4.78 is 4.96. The van der Waals surface area contributed by atoms with Crippen LogP contribution in [0.1, 0.15) is 29.9 Å². The molecule has 0 bridgehead atoms. The number of aliphatic hydroxyl groups is 1. The minimum Gasteiger partial charge on any atom is -0.383 e. The first-order valence-corrected chi connectivity index (χ1v) is 5.40. The van der Waals surface area contributed by atoms with Gasteiger partial charge in [-0.2, -0.15) is 4.98 Å². The monoisotopic (exact) mass is 234 g/mol. The molecule has 1 atom stereocenters. The Labute approximate surface area is 98.5 Å². The third-order valence-corrected chi connectivity index (χ3v) is 2.27. The molecular formula is C11H14N4O2. The van der Waals surface area contributed by atoms with Crippen LogP contribution in [-0.2, 0) is 6.42 Å². The third kappa shape index (κ3) is 3.08. The second-order valence-electron chi connectivity index (χ2n) is 3.64. The molecule has 0 amide bonds. The molecular weight excluding hydrogens is 220 g/mol. The topological polar surface area (TPSA) is 98.1 Å². The van der Waals surface area contributed by atoms with E-state index in [9.17, 15) is 5.11 Å². The Bertz CT molecular complexity index is 458. The van der Waals surface area contributed by atoms with Crippen LogP contribution in [0.25, 0.3) is 0 Å². The molecule has 17 heavy (non-hydrogen) atoms. The maximum atomic E-state index is 9.61. The van der Waals surface area contributed by atoms with Gasteiger partial charge in [-0.3, -0.25) is 4.98 Å². The van der Waals surface area contributed by atoms with Gasteiger partial charge in [0.15, 0.2) is 5.82 Å². The third-order valence-electron chi connectivity index (χ3n) is 2.27. The molecule has 0 aliphatic carbocycles. The van der Waals surface area contributed by atoms with E-state index in [1.54, 1.807) is 6.20 Å². The Morgan fingerprint density at radius 1 is 1.41 bits per heavy atom. The van der Waals surface area contributed by atoms with Gasteiger partial charge in [-0.15, -0.1) is 0 Å². The summed E-state index contributed by atoms with van der Waals surface area (Å²) in [4.78, 5) is 8.26. The Kier molecular flexibility index (Phi) is 3.79. The number of hydrogen-bond donors (Lipinski definition) is 2. The fraction of sp³-hybridized carbons (Fsp3) is 0.364. The van der Waals surface area contributed by atoms with E-state index >= 15 is 0 Å². The summed E-state index contributed by atoms with van der Waals surface area (Å²) in [5.41, 5.74) is 6.19. The van der Waals surface area contributed by atoms with Crippen molar-refractivity contribution in [3.8, 4) is 0 Å². The van der Waals surface area contributed by atoms with E-state index in [0.29, 0.717) is 25.2 Å². The molecule has 0 fully saturated rings. The maximum Gasteiger partial charge on any atom is 0.255 e. The van der Waals surface area contributed by atoms with Gasteiger partial charge in [0.2, 0.25) is 0 Å². The molecule has 6 nitrogen and oxygen atoms in total. The zero-order valence-corrected chi connectivity index (χ0v) is 9.28. The van der Waals surface area contributed by atoms with E-state index in [1.165, 1.54) is 0 Å². The summed E-state index contributed by atoms with van der Waals surface area (Å²) in [5.74, 6) is 0.719. The molecule has 90 valence electrons. The fourth-order valence-corrected chi connectivity index (χ4v) is 1.42. The van der Waals surface area contributed by atoms with Crippen molar-refractivity contribution in [1.82, 2.24) is 15.1 Å². The molecule has 2 aromatic rings. The molecule has 0 aliphatic rings. The quantitative estimate of drug-likeness (QED) is 0.778. The van der Waals surface area contributed by atoms with Crippen LogP contribution < -0.4 is 5.73 Å². The molecule has 0 saturated carbocycles. The van der Waals surface area contributed by atoms with Gasteiger partial charge in [-0.05, 0) is 25.1 Å². The van der Waals surface area contributed by atoms with E-state index < -0.39 is 6.10 Å². The first-order valence-electron chi connectivity index (χ1n) is 5.40. The Balaban J connectivity index is 2.04. The lowest BCUT2D eigenvalue weighted by atomic mass is 10.2. The van der Waals surface area contributed by atoms with Gasteiger partial charge in [0.05, 0.1) is 6.42 Å². The number of pyridine rings is 1. The molecule has 2 aromatic heterocycles. The maximum absolute atomic E-state index is 9.61. The van der Waals surface area contributed by atoms with Crippen molar-refractivity contribution in [3.05, 3.63) is 41.8 Å². The van der Waals surface area contributed by atoms with Crippen LogP contribution in [0, 0.1) is 0 Å². The second kappa shape index (κ2) is 5.51. The number of rotatable bonds is 5. The van der Waals surface area contributed by atoms with Gasteiger partial charge in [0, 0.05) is 11.9 Å². The summed E-state index contributed by atoms with van der Waals surface area (Å²) in [7, 11) is 0. The van der Waals surface area contributed by atoms with E-state index in [2.05, 4.69) is 15.1 Å². The molecule has 0 radical (unpaired) electrons. The first kappa shape index (κ1) is 11.7. The molecule has 0 spiro atoms. The molecule has 1 unspecified atom stereocenters. The molecule has 0 aliphatic heterocycles. The smallest absolute Gasteiger partial charge is 0.255 e. The lowest BCUT2D eigenvalue weighted by Gasteiger charge is -2.00. The van der Waals surface area contributed by atoms with Crippen LogP contribution >= 0.6 is 0 Å². The van der Waals surface area contributed by atoms with E-state index in [0.717, 1.165) is 5.69 Å². The van der Waals surface area contributed by atoms with Crippen LogP contribution in [0.4, 0.5) is 0 Å². The molecule has 0 saturated heterocycles. The van der Waals surface area contributed by atoms with Crippen molar-refractivity contribution in [3.63, 3.8) is 0 Å².